The van der Waals surface area contributed by atoms with E-state index in [1.165, 1.54) is 23.1 Å². The summed E-state index contributed by atoms with van der Waals surface area (Å²) in [4.78, 5) is 13.9. The number of ether oxygens (including phenoxy) is 1. The molecule has 28 heavy (non-hydrogen) atoms. The van der Waals surface area contributed by atoms with Crippen molar-refractivity contribution in [1.29, 1.82) is 0 Å². The molecular formula is C21H19F2N3O2. The molecule has 0 atom stereocenters. The first-order chi connectivity index (χ1) is 13.5. The van der Waals surface area contributed by atoms with Crippen LogP contribution in [0.1, 0.15) is 11.1 Å². The molecule has 0 saturated heterocycles. The average Bonchev–Trinajstić information content (AvgIpc) is 3.16. The van der Waals surface area contributed by atoms with Crippen LogP contribution in [0.15, 0.2) is 73.1 Å². The molecule has 0 aliphatic heterocycles. The summed E-state index contributed by atoms with van der Waals surface area (Å²) in [7, 11) is 1.66. The minimum absolute atomic E-state index is 0.0216. The van der Waals surface area contributed by atoms with Gasteiger partial charge in [-0.25, -0.2) is 4.68 Å². The summed E-state index contributed by atoms with van der Waals surface area (Å²) in [5.41, 5.74) is 2.20. The first-order valence-electron chi connectivity index (χ1n) is 8.59. The fourth-order valence-electron chi connectivity index (χ4n) is 2.63. The second-order valence-corrected chi connectivity index (χ2v) is 6.07. The van der Waals surface area contributed by atoms with Crippen LogP contribution in [0, 0.1) is 0 Å². The van der Waals surface area contributed by atoms with Gasteiger partial charge in [0.15, 0.2) is 0 Å². The Kier molecular flexibility index (Phi) is 6.16. The van der Waals surface area contributed by atoms with Crippen molar-refractivity contribution in [3.05, 3.63) is 84.2 Å². The molecule has 5 nitrogen and oxygen atoms in total. The number of rotatable bonds is 7. The molecule has 2 aromatic carbocycles. The van der Waals surface area contributed by atoms with Crippen LogP contribution < -0.4 is 4.74 Å². The molecule has 0 fully saturated rings. The zero-order valence-electron chi connectivity index (χ0n) is 15.2. The lowest BCUT2D eigenvalue weighted by Crippen LogP contribution is -2.23. The van der Waals surface area contributed by atoms with Crippen LogP contribution in [-0.4, -0.2) is 34.2 Å². The van der Waals surface area contributed by atoms with Gasteiger partial charge in [0.1, 0.15) is 5.75 Å². The monoisotopic (exact) mass is 383 g/mol. The molecule has 0 aliphatic carbocycles. The zero-order valence-corrected chi connectivity index (χ0v) is 15.2. The standard InChI is InChI=1S/C21H19F2N3O2/c1-25(14-16-13-24-26(15-16)18-8-3-2-4-9-18)20(27)12-11-17-7-5-6-10-19(17)28-21(22)23/h2-13,15,21H,14H2,1H3/b12-11+. The van der Waals surface area contributed by atoms with Crippen molar-refractivity contribution in [2.24, 2.45) is 0 Å². The molecule has 0 saturated carbocycles. The Morgan fingerprint density at radius 2 is 1.89 bits per heavy atom. The van der Waals surface area contributed by atoms with Crippen molar-refractivity contribution in [2.75, 3.05) is 7.05 Å². The summed E-state index contributed by atoms with van der Waals surface area (Å²) in [5.74, 6) is -0.243. The Balaban J connectivity index is 1.64. The lowest BCUT2D eigenvalue weighted by Gasteiger charge is -2.14. The highest BCUT2D eigenvalue weighted by atomic mass is 19.3. The number of hydrogen-bond acceptors (Lipinski definition) is 3. The summed E-state index contributed by atoms with van der Waals surface area (Å²) < 4.78 is 31.1. The highest BCUT2D eigenvalue weighted by Gasteiger charge is 2.10. The largest absolute Gasteiger partial charge is 0.434 e. The topological polar surface area (TPSA) is 47.4 Å². The van der Waals surface area contributed by atoms with Crippen LogP contribution in [-0.2, 0) is 11.3 Å². The number of para-hydroxylation sites is 2. The van der Waals surface area contributed by atoms with E-state index in [2.05, 4.69) is 9.84 Å². The summed E-state index contributed by atoms with van der Waals surface area (Å²) in [6.07, 6.45) is 6.35. The Morgan fingerprint density at radius 3 is 2.64 bits per heavy atom. The van der Waals surface area contributed by atoms with Crippen molar-refractivity contribution in [3.8, 4) is 11.4 Å². The van der Waals surface area contributed by atoms with Crippen molar-refractivity contribution < 1.29 is 18.3 Å². The fraction of sp³-hybridized carbons (Fsp3) is 0.143. The molecule has 1 aromatic heterocycles. The summed E-state index contributed by atoms with van der Waals surface area (Å²) >= 11 is 0. The predicted molar refractivity (Wildman–Crippen MR) is 102 cm³/mol. The molecule has 144 valence electrons. The van der Waals surface area contributed by atoms with Gasteiger partial charge in [-0.2, -0.15) is 13.9 Å². The van der Waals surface area contributed by atoms with Gasteiger partial charge in [-0.1, -0.05) is 36.4 Å². The molecule has 0 aliphatic rings. The van der Waals surface area contributed by atoms with E-state index in [0.717, 1.165) is 11.3 Å². The molecular weight excluding hydrogens is 364 g/mol. The Bertz CT molecular complexity index is 955. The molecule has 0 unspecified atom stereocenters. The minimum atomic E-state index is -2.92. The summed E-state index contributed by atoms with van der Waals surface area (Å²) in [6.45, 7) is -2.56. The molecule has 3 rings (SSSR count). The quantitative estimate of drug-likeness (QED) is 0.576. The van der Waals surface area contributed by atoms with E-state index in [1.54, 1.807) is 36.1 Å². The number of alkyl halides is 2. The zero-order chi connectivity index (χ0) is 19.9. The predicted octanol–water partition coefficient (Wildman–Crippen LogP) is 4.15. The number of benzene rings is 2. The number of halogens is 2. The third-order valence-electron chi connectivity index (χ3n) is 3.99. The number of likely N-dealkylation sites (N-methyl/N-ethyl adjacent to an activating group) is 1. The smallest absolute Gasteiger partial charge is 0.387 e. The van der Waals surface area contributed by atoms with Gasteiger partial charge in [0, 0.05) is 37.0 Å². The number of aromatic nitrogens is 2. The Labute approximate surface area is 161 Å². The van der Waals surface area contributed by atoms with Crippen LogP contribution >= 0.6 is 0 Å². The van der Waals surface area contributed by atoms with E-state index in [0.29, 0.717) is 12.1 Å². The first kappa shape index (κ1) is 19.3. The normalized spacial score (nSPS) is 11.1. The number of carbonyl (C=O) groups is 1. The number of nitrogens with zero attached hydrogens (tertiary/aromatic N) is 3. The maximum absolute atomic E-state index is 12.5. The van der Waals surface area contributed by atoms with Gasteiger partial charge in [-0.05, 0) is 24.3 Å². The number of carbonyl (C=O) groups excluding carboxylic acids is 1. The van der Waals surface area contributed by atoms with Crippen LogP contribution in [0.2, 0.25) is 0 Å². The van der Waals surface area contributed by atoms with E-state index in [1.807, 2.05) is 36.5 Å². The molecule has 0 spiro atoms. The third-order valence-corrected chi connectivity index (χ3v) is 3.99. The second kappa shape index (κ2) is 8.94. The summed E-state index contributed by atoms with van der Waals surface area (Å²) in [6, 6.07) is 16.0. The molecule has 7 heteroatoms. The van der Waals surface area contributed by atoms with Gasteiger partial charge in [0.05, 0.1) is 11.9 Å². The van der Waals surface area contributed by atoms with Crippen LogP contribution in [0.3, 0.4) is 0 Å². The van der Waals surface area contributed by atoms with Crippen molar-refractivity contribution in [3.63, 3.8) is 0 Å². The van der Waals surface area contributed by atoms with Gasteiger partial charge in [-0.15, -0.1) is 0 Å². The van der Waals surface area contributed by atoms with Gasteiger partial charge < -0.3 is 9.64 Å². The SMILES string of the molecule is CN(Cc1cnn(-c2ccccc2)c1)C(=O)/C=C/c1ccccc1OC(F)F. The highest BCUT2D eigenvalue weighted by molar-refractivity contribution is 5.92. The molecule has 0 bridgehead atoms. The average molecular weight is 383 g/mol. The molecule has 1 heterocycles. The lowest BCUT2D eigenvalue weighted by molar-refractivity contribution is -0.125. The van der Waals surface area contributed by atoms with E-state index in [9.17, 15) is 13.6 Å². The van der Waals surface area contributed by atoms with Gasteiger partial charge in [0.25, 0.3) is 0 Å². The molecule has 0 N–H and O–H groups in total. The van der Waals surface area contributed by atoms with Crippen LogP contribution in [0.5, 0.6) is 5.75 Å². The van der Waals surface area contributed by atoms with E-state index in [4.69, 9.17) is 0 Å². The molecule has 1 amide bonds. The Hall–Kier alpha value is -3.48. The fourth-order valence-corrected chi connectivity index (χ4v) is 2.63. The van der Waals surface area contributed by atoms with Crippen molar-refractivity contribution in [2.45, 2.75) is 13.2 Å². The van der Waals surface area contributed by atoms with Crippen molar-refractivity contribution >= 4 is 12.0 Å². The van der Waals surface area contributed by atoms with Gasteiger partial charge in [0.2, 0.25) is 5.91 Å². The Morgan fingerprint density at radius 1 is 1.18 bits per heavy atom. The first-order valence-corrected chi connectivity index (χ1v) is 8.59. The summed E-state index contributed by atoms with van der Waals surface area (Å²) in [5, 5.41) is 4.30. The number of hydrogen-bond donors (Lipinski definition) is 0. The number of amides is 1. The van der Waals surface area contributed by atoms with Crippen LogP contribution in [0.25, 0.3) is 11.8 Å². The maximum Gasteiger partial charge on any atom is 0.387 e. The maximum atomic E-state index is 12.5. The third kappa shape index (κ3) is 5.03. The van der Waals surface area contributed by atoms with Crippen molar-refractivity contribution in [1.82, 2.24) is 14.7 Å². The minimum Gasteiger partial charge on any atom is -0.434 e. The van der Waals surface area contributed by atoms with Gasteiger partial charge >= 0.3 is 6.61 Å². The van der Waals surface area contributed by atoms with Crippen LogP contribution in [0.4, 0.5) is 8.78 Å². The molecule has 3 aromatic rings. The molecule has 0 radical (unpaired) electrons. The highest BCUT2D eigenvalue weighted by Crippen LogP contribution is 2.21. The second-order valence-electron chi connectivity index (χ2n) is 6.07. The van der Waals surface area contributed by atoms with E-state index < -0.39 is 6.61 Å². The van der Waals surface area contributed by atoms with E-state index >= 15 is 0 Å². The van der Waals surface area contributed by atoms with Gasteiger partial charge in [-0.3, -0.25) is 4.79 Å². The van der Waals surface area contributed by atoms with E-state index in [-0.39, 0.29) is 11.7 Å². The lowest BCUT2D eigenvalue weighted by atomic mass is 10.2.